The zero-order valence-electron chi connectivity index (χ0n) is 15.4. The average Bonchev–Trinajstić information content (AvgIpc) is 3.26. The Morgan fingerprint density at radius 3 is 2.96 bits per heavy atom. The number of hydrogen-bond acceptors (Lipinski definition) is 3. The zero-order valence-corrected chi connectivity index (χ0v) is 15.4. The van der Waals surface area contributed by atoms with E-state index < -0.39 is 0 Å². The van der Waals surface area contributed by atoms with E-state index in [-0.39, 0.29) is 11.8 Å². The van der Waals surface area contributed by atoms with Gasteiger partial charge in [-0.1, -0.05) is 29.8 Å². The van der Waals surface area contributed by atoms with E-state index in [2.05, 4.69) is 35.5 Å². The lowest BCUT2D eigenvalue weighted by Gasteiger charge is -2.17. The van der Waals surface area contributed by atoms with Gasteiger partial charge >= 0.3 is 0 Å². The van der Waals surface area contributed by atoms with E-state index in [4.69, 9.17) is 4.98 Å². The molecule has 2 aromatic heterocycles. The standard InChI is InChI=1S/C21H24N4O/c1-3-25-20(23-18-8-5-10-22-21(18)25)17-9-11-24(14-17)19(26)13-16-7-4-6-15(2)12-16/h4-8,10,12,17H,3,9,11,13-14H2,1-2H3. The molecule has 5 nitrogen and oxygen atoms in total. The molecule has 1 amide bonds. The first-order valence-electron chi connectivity index (χ1n) is 9.30. The molecule has 1 aromatic carbocycles. The van der Waals surface area contributed by atoms with E-state index in [0.717, 1.165) is 48.6 Å². The average molecular weight is 348 g/mol. The number of imidazole rings is 1. The molecule has 3 heterocycles. The molecule has 0 N–H and O–H groups in total. The summed E-state index contributed by atoms with van der Waals surface area (Å²) in [4.78, 5) is 24.0. The first-order valence-corrected chi connectivity index (χ1v) is 9.30. The molecule has 0 aliphatic carbocycles. The number of likely N-dealkylation sites (tertiary alicyclic amines) is 1. The van der Waals surface area contributed by atoms with Crippen molar-refractivity contribution in [1.82, 2.24) is 19.4 Å². The summed E-state index contributed by atoms with van der Waals surface area (Å²) in [7, 11) is 0. The SMILES string of the molecule is CCn1c(C2CCN(C(=O)Cc3cccc(C)c3)C2)nc2cccnc21. The van der Waals surface area contributed by atoms with Crippen LogP contribution in [0, 0.1) is 6.92 Å². The van der Waals surface area contributed by atoms with Gasteiger partial charge in [-0.05, 0) is 38.0 Å². The summed E-state index contributed by atoms with van der Waals surface area (Å²) in [6.07, 6.45) is 3.25. The third kappa shape index (κ3) is 3.09. The Balaban J connectivity index is 1.51. The maximum absolute atomic E-state index is 12.7. The van der Waals surface area contributed by atoms with Crippen LogP contribution in [0.15, 0.2) is 42.6 Å². The number of aryl methyl sites for hydroxylation is 2. The minimum Gasteiger partial charge on any atom is -0.342 e. The second-order valence-corrected chi connectivity index (χ2v) is 7.05. The maximum atomic E-state index is 12.7. The second-order valence-electron chi connectivity index (χ2n) is 7.05. The molecule has 0 radical (unpaired) electrons. The van der Waals surface area contributed by atoms with Crippen molar-refractivity contribution in [2.45, 2.75) is 39.2 Å². The Labute approximate surface area is 153 Å². The molecule has 1 atom stereocenters. The molecule has 1 saturated heterocycles. The minimum atomic E-state index is 0.204. The van der Waals surface area contributed by atoms with Gasteiger partial charge in [0.15, 0.2) is 5.65 Å². The highest BCUT2D eigenvalue weighted by atomic mass is 16.2. The van der Waals surface area contributed by atoms with Gasteiger partial charge in [-0.2, -0.15) is 0 Å². The summed E-state index contributed by atoms with van der Waals surface area (Å²) in [5.74, 6) is 1.55. The summed E-state index contributed by atoms with van der Waals surface area (Å²) in [6, 6.07) is 12.1. The monoisotopic (exact) mass is 348 g/mol. The highest BCUT2D eigenvalue weighted by Gasteiger charge is 2.30. The number of pyridine rings is 1. The van der Waals surface area contributed by atoms with Crippen LogP contribution < -0.4 is 0 Å². The summed E-state index contributed by atoms with van der Waals surface area (Å²) in [6.45, 7) is 6.57. The molecule has 1 aliphatic rings. The molecule has 26 heavy (non-hydrogen) atoms. The van der Waals surface area contributed by atoms with Crippen molar-refractivity contribution in [2.24, 2.45) is 0 Å². The van der Waals surface area contributed by atoms with E-state index in [1.165, 1.54) is 5.56 Å². The number of hydrogen-bond donors (Lipinski definition) is 0. The number of amides is 1. The van der Waals surface area contributed by atoms with Gasteiger partial charge in [0.05, 0.1) is 6.42 Å². The van der Waals surface area contributed by atoms with Gasteiger partial charge < -0.3 is 9.47 Å². The summed E-state index contributed by atoms with van der Waals surface area (Å²) in [5.41, 5.74) is 4.16. The summed E-state index contributed by atoms with van der Waals surface area (Å²) in [5, 5.41) is 0. The van der Waals surface area contributed by atoms with Crippen LogP contribution in [0.2, 0.25) is 0 Å². The van der Waals surface area contributed by atoms with Gasteiger partial charge in [-0.25, -0.2) is 9.97 Å². The van der Waals surface area contributed by atoms with Crippen molar-refractivity contribution >= 4 is 17.1 Å². The molecule has 5 heteroatoms. The summed E-state index contributed by atoms with van der Waals surface area (Å²) < 4.78 is 2.19. The minimum absolute atomic E-state index is 0.204. The largest absolute Gasteiger partial charge is 0.342 e. The fraction of sp³-hybridized carbons (Fsp3) is 0.381. The highest BCUT2D eigenvalue weighted by Crippen LogP contribution is 2.29. The third-order valence-electron chi connectivity index (χ3n) is 5.19. The normalized spacial score (nSPS) is 17.2. The molecule has 1 aliphatic heterocycles. The third-order valence-corrected chi connectivity index (χ3v) is 5.19. The van der Waals surface area contributed by atoms with Crippen LogP contribution in [-0.4, -0.2) is 38.4 Å². The number of fused-ring (bicyclic) bond motifs is 1. The van der Waals surface area contributed by atoms with Gasteiger partial charge in [0.1, 0.15) is 11.3 Å². The first-order chi connectivity index (χ1) is 12.7. The van der Waals surface area contributed by atoms with Gasteiger partial charge in [0.25, 0.3) is 0 Å². The number of carbonyl (C=O) groups is 1. The number of carbonyl (C=O) groups excluding carboxylic acids is 1. The Hall–Kier alpha value is -2.69. The smallest absolute Gasteiger partial charge is 0.227 e. The fourth-order valence-corrected chi connectivity index (χ4v) is 3.91. The molecular formula is C21H24N4O. The van der Waals surface area contributed by atoms with E-state index in [1.54, 1.807) is 0 Å². The van der Waals surface area contributed by atoms with Crippen LogP contribution in [0.5, 0.6) is 0 Å². The van der Waals surface area contributed by atoms with Crippen LogP contribution in [0.4, 0.5) is 0 Å². The van der Waals surface area contributed by atoms with Crippen molar-refractivity contribution in [3.05, 3.63) is 59.5 Å². The second kappa shape index (κ2) is 6.90. The fourth-order valence-electron chi connectivity index (χ4n) is 3.91. The number of nitrogens with zero attached hydrogens (tertiary/aromatic N) is 4. The molecular weight excluding hydrogens is 324 g/mol. The van der Waals surface area contributed by atoms with Crippen molar-refractivity contribution < 1.29 is 4.79 Å². The Morgan fingerprint density at radius 1 is 1.27 bits per heavy atom. The predicted octanol–water partition coefficient (Wildman–Crippen LogP) is 3.32. The van der Waals surface area contributed by atoms with E-state index >= 15 is 0 Å². The Bertz CT molecular complexity index is 946. The zero-order chi connectivity index (χ0) is 18.1. The molecule has 0 saturated carbocycles. The summed E-state index contributed by atoms with van der Waals surface area (Å²) >= 11 is 0. The molecule has 134 valence electrons. The molecule has 3 aromatic rings. The van der Waals surface area contributed by atoms with Crippen LogP contribution in [0.25, 0.3) is 11.2 Å². The van der Waals surface area contributed by atoms with Crippen molar-refractivity contribution in [2.75, 3.05) is 13.1 Å². The molecule has 0 spiro atoms. The number of rotatable bonds is 4. The lowest BCUT2D eigenvalue weighted by atomic mass is 10.1. The van der Waals surface area contributed by atoms with Crippen molar-refractivity contribution in [3.8, 4) is 0 Å². The Kier molecular flexibility index (Phi) is 4.45. The molecule has 0 bridgehead atoms. The van der Waals surface area contributed by atoms with Gasteiger partial charge in [-0.3, -0.25) is 4.79 Å². The van der Waals surface area contributed by atoms with E-state index in [1.807, 2.05) is 35.4 Å². The highest BCUT2D eigenvalue weighted by molar-refractivity contribution is 5.79. The molecule has 4 rings (SSSR count). The lowest BCUT2D eigenvalue weighted by Crippen LogP contribution is -2.30. The van der Waals surface area contributed by atoms with Crippen LogP contribution in [-0.2, 0) is 17.8 Å². The van der Waals surface area contributed by atoms with Gasteiger partial charge in [-0.15, -0.1) is 0 Å². The first kappa shape index (κ1) is 16.8. The van der Waals surface area contributed by atoms with Gasteiger partial charge in [0, 0.05) is 31.7 Å². The Morgan fingerprint density at radius 2 is 2.15 bits per heavy atom. The number of aromatic nitrogens is 3. The van der Waals surface area contributed by atoms with Crippen LogP contribution in [0.3, 0.4) is 0 Å². The van der Waals surface area contributed by atoms with Gasteiger partial charge in [0.2, 0.25) is 5.91 Å². The van der Waals surface area contributed by atoms with Crippen LogP contribution >= 0.6 is 0 Å². The maximum Gasteiger partial charge on any atom is 0.227 e. The topological polar surface area (TPSA) is 51.0 Å². The predicted molar refractivity (Wildman–Crippen MR) is 102 cm³/mol. The quantitative estimate of drug-likeness (QED) is 0.727. The van der Waals surface area contributed by atoms with Crippen molar-refractivity contribution in [1.29, 1.82) is 0 Å². The van der Waals surface area contributed by atoms with E-state index in [0.29, 0.717) is 6.42 Å². The van der Waals surface area contributed by atoms with Crippen LogP contribution in [0.1, 0.15) is 36.2 Å². The molecule has 1 fully saturated rings. The van der Waals surface area contributed by atoms with Crippen molar-refractivity contribution in [3.63, 3.8) is 0 Å². The number of benzene rings is 1. The molecule has 1 unspecified atom stereocenters. The lowest BCUT2D eigenvalue weighted by molar-refractivity contribution is -0.129. The van der Waals surface area contributed by atoms with E-state index in [9.17, 15) is 4.79 Å².